The number of fused-ring (bicyclic) bond motifs is 1. The Labute approximate surface area is 144 Å². The summed E-state index contributed by atoms with van der Waals surface area (Å²) in [5, 5.41) is 0.612. The summed E-state index contributed by atoms with van der Waals surface area (Å²) >= 11 is 5.93. The van der Waals surface area contributed by atoms with E-state index in [1.807, 2.05) is 12.1 Å². The van der Waals surface area contributed by atoms with E-state index >= 15 is 0 Å². The van der Waals surface area contributed by atoms with Gasteiger partial charge in [-0.05, 0) is 42.8 Å². The van der Waals surface area contributed by atoms with E-state index in [-0.39, 0.29) is 11.9 Å². The van der Waals surface area contributed by atoms with Crippen molar-refractivity contribution in [1.82, 2.24) is 9.97 Å². The number of carbonyl (C=O) groups excluding carboxylic acids is 1. The third-order valence-corrected chi connectivity index (χ3v) is 3.87. The van der Waals surface area contributed by atoms with Crippen molar-refractivity contribution in [2.45, 2.75) is 12.8 Å². The molecule has 0 saturated heterocycles. The number of hydrogen-bond donors (Lipinski definition) is 0. The molecule has 24 heavy (non-hydrogen) atoms. The number of halogens is 1. The molecule has 0 spiro atoms. The number of rotatable bonds is 4. The smallest absolute Gasteiger partial charge is 0.312 e. The summed E-state index contributed by atoms with van der Waals surface area (Å²) in [6.07, 6.45) is 1.55. The summed E-state index contributed by atoms with van der Waals surface area (Å²) in [6.45, 7) is 1.79. The predicted octanol–water partition coefficient (Wildman–Crippen LogP) is 4.35. The van der Waals surface area contributed by atoms with Crippen LogP contribution in [0.3, 0.4) is 0 Å². The Morgan fingerprint density at radius 1 is 1.12 bits per heavy atom. The highest BCUT2D eigenvalue weighted by atomic mass is 35.5. The zero-order valence-corrected chi connectivity index (χ0v) is 13.9. The lowest BCUT2D eigenvalue weighted by Crippen LogP contribution is -2.10. The van der Waals surface area contributed by atoms with Crippen molar-refractivity contribution < 1.29 is 14.3 Å². The lowest BCUT2D eigenvalue weighted by atomic mass is 10.0. The SMILES string of the molecule is COC(=O)C(C)c1ccc(Oc2cnc3cc(Cl)ccc3n2)cc1. The second-order valence-electron chi connectivity index (χ2n) is 5.26. The number of methoxy groups -OCH3 is 1. The molecule has 2 aromatic carbocycles. The van der Waals surface area contributed by atoms with E-state index in [0.29, 0.717) is 27.7 Å². The van der Waals surface area contributed by atoms with Crippen LogP contribution in [-0.4, -0.2) is 23.0 Å². The van der Waals surface area contributed by atoms with Crippen LogP contribution in [0.5, 0.6) is 11.6 Å². The predicted molar refractivity (Wildman–Crippen MR) is 91.5 cm³/mol. The fraction of sp³-hybridized carbons (Fsp3) is 0.167. The van der Waals surface area contributed by atoms with Gasteiger partial charge in [0.25, 0.3) is 0 Å². The first-order valence-corrected chi connectivity index (χ1v) is 7.72. The van der Waals surface area contributed by atoms with Gasteiger partial charge >= 0.3 is 5.97 Å². The minimum Gasteiger partial charge on any atom is -0.469 e. The standard InChI is InChI=1S/C18H15ClN2O3/c1-11(18(22)23-2)12-3-6-14(7-4-12)24-17-10-20-16-9-13(19)5-8-15(16)21-17/h3-11H,1-2H3. The van der Waals surface area contributed by atoms with E-state index in [4.69, 9.17) is 21.1 Å². The Balaban J connectivity index is 1.78. The van der Waals surface area contributed by atoms with Crippen molar-refractivity contribution in [3.05, 3.63) is 59.2 Å². The maximum Gasteiger partial charge on any atom is 0.312 e. The summed E-state index contributed by atoms with van der Waals surface area (Å²) in [5.41, 5.74) is 2.26. The van der Waals surface area contributed by atoms with Crippen molar-refractivity contribution in [1.29, 1.82) is 0 Å². The van der Waals surface area contributed by atoms with Crippen molar-refractivity contribution in [3.63, 3.8) is 0 Å². The van der Waals surface area contributed by atoms with Crippen LogP contribution in [0.1, 0.15) is 18.4 Å². The molecule has 0 aliphatic carbocycles. The van der Waals surface area contributed by atoms with Gasteiger partial charge in [-0.1, -0.05) is 23.7 Å². The summed E-state index contributed by atoms with van der Waals surface area (Å²) in [6, 6.07) is 12.5. The molecule has 3 rings (SSSR count). The molecule has 3 aromatic rings. The molecule has 0 amide bonds. The second-order valence-corrected chi connectivity index (χ2v) is 5.69. The molecule has 1 heterocycles. The van der Waals surface area contributed by atoms with Crippen LogP contribution in [0.25, 0.3) is 11.0 Å². The molecule has 0 aliphatic rings. The van der Waals surface area contributed by atoms with Crippen LogP contribution in [0.2, 0.25) is 5.02 Å². The van der Waals surface area contributed by atoms with Crippen LogP contribution >= 0.6 is 11.6 Å². The van der Waals surface area contributed by atoms with E-state index in [9.17, 15) is 4.79 Å². The van der Waals surface area contributed by atoms with Gasteiger partial charge in [0.15, 0.2) is 0 Å². The van der Waals surface area contributed by atoms with Crippen LogP contribution < -0.4 is 4.74 Å². The Kier molecular flexibility index (Phi) is 4.62. The third kappa shape index (κ3) is 3.46. The number of carbonyl (C=O) groups is 1. The van der Waals surface area contributed by atoms with Gasteiger partial charge < -0.3 is 9.47 Å². The highest BCUT2D eigenvalue weighted by Gasteiger charge is 2.15. The number of ether oxygens (including phenoxy) is 2. The van der Waals surface area contributed by atoms with E-state index in [1.54, 1.807) is 43.5 Å². The quantitative estimate of drug-likeness (QED) is 0.659. The lowest BCUT2D eigenvalue weighted by Gasteiger charge is -2.10. The molecule has 0 fully saturated rings. The topological polar surface area (TPSA) is 61.3 Å². The number of esters is 1. The molecule has 1 unspecified atom stereocenters. The van der Waals surface area contributed by atoms with Gasteiger partial charge in [0.2, 0.25) is 5.88 Å². The van der Waals surface area contributed by atoms with Gasteiger partial charge in [0.05, 0.1) is 30.3 Å². The van der Waals surface area contributed by atoms with Gasteiger partial charge in [-0.3, -0.25) is 4.79 Å². The number of aromatic nitrogens is 2. The zero-order chi connectivity index (χ0) is 17.1. The fourth-order valence-corrected chi connectivity index (χ4v) is 2.44. The van der Waals surface area contributed by atoms with Gasteiger partial charge in [-0.15, -0.1) is 0 Å². The third-order valence-electron chi connectivity index (χ3n) is 3.64. The molecule has 0 radical (unpaired) electrons. The van der Waals surface area contributed by atoms with E-state index < -0.39 is 0 Å². The average molecular weight is 343 g/mol. The van der Waals surface area contributed by atoms with Gasteiger partial charge in [-0.25, -0.2) is 9.97 Å². The Morgan fingerprint density at radius 3 is 2.58 bits per heavy atom. The van der Waals surface area contributed by atoms with E-state index in [0.717, 1.165) is 5.56 Å². The fourth-order valence-electron chi connectivity index (χ4n) is 2.27. The van der Waals surface area contributed by atoms with Gasteiger partial charge in [0.1, 0.15) is 5.75 Å². The molecule has 0 bridgehead atoms. The molecule has 0 N–H and O–H groups in total. The van der Waals surface area contributed by atoms with Crippen LogP contribution in [-0.2, 0) is 9.53 Å². The number of nitrogens with zero attached hydrogens (tertiary/aromatic N) is 2. The number of hydrogen-bond acceptors (Lipinski definition) is 5. The molecular weight excluding hydrogens is 328 g/mol. The highest BCUT2D eigenvalue weighted by Crippen LogP contribution is 2.25. The summed E-state index contributed by atoms with van der Waals surface area (Å²) in [7, 11) is 1.38. The molecular formula is C18H15ClN2O3. The normalized spacial score (nSPS) is 12.0. The summed E-state index contributed by atoms with van der Waals surface area (Å²) in [4.78, 5) is 20.2. The lowest BCUT2D eigenvalue weighted by molar-refractivity contribution is -0.141. The first-order chi connectivity index (χ1) is 11.6. The van der Waals surface area contributed by atoms with Crippen molar-refractivity contribution >= 4 is 28.6 Å². The van der Waals surface area contributed by atoms with Crippen LogP contribution in [0, 0.1) is 0 Å². The summed E-state index contributed by atoms with van der Waals surface area (Å²) < 4.78 is 10.5. The Bertz CT molecular complexity index is 881. The Hall–Kier alpha value is -2.66. The monoisotopic (exact) mass is 342 g/mol. The molecule has 0 saturated carbocycles. The first kappa shape index (κ1) is 16.2. The molecule has 6 heteroatoms. The molecule has 1 aromatic heterocycles. The molecule has 122 valence electrons. The maximum atomic E-state index is 11.6. The summed E-state index contributed by atoms with van der Waals surface area (Å²) in [5.74, 6) is 0.397. The van der Waals surface area contributed by atoms with Gasteiger partial charge in [-0.2, -0.15) is 0 Å². The van der Waals surface area contributed by atoms with Crippen molar-refractivity contribution in [2.24, 2.45) is 0 Å². The molecule has 1 atom stereocenters. The van der Waals surface area contributed by atoms with Crippen LogP contribution in [0.4, 0.5) is 0 Å². The van der Waals surface area contributed by atoms with E-state index in [1.165, 1.54) is 7.11 Å². The maximum absolute atomic E-state index is 11.6. The minimum absolute atomic E-state index is 0.275. The highest BCUT2D eigenvalue weighted by molar-refractivity contribution is 6.31. The van der Waals surface area contributed by atoms with E-state index in [2.05, 4.69) is 9.97 Å². The minimum atomic E-state index is -0.325. The zero-order valence-electron chi connectivity index (χ0n) is 13.2. The molecule has 5 nitrogen and oxygen atoms in total. The molecule has 0 aliphatic heterocycles. The van der Waals surface area contributed by atoms with Crippen LogP contribution in [0.15, 0.2) is 48.7 Å². The Morgan fingerprint density at radius 2 is 1.88 bits per heavy atom. The average Bonchev–Trinajstić information content (AvgIpc) is 2.61. The van der Waals surface area contributed by atoms with Crippen molar-refractivity contribution in [2.75, 3.05) is 7.11 Å². The van der Waals surface area contributed by atoms with Gasteiger partial charge in [0, 0.05) is 5.02 Å². The second kappa shape index (κ2) is 6.84. The first-order valence-electron chi connectivity index (χ1n) is 7.35. The largest absolute Gasteiger partial charge is 0.469 e. The van der Waals surface area contributed by atoms with Crippen molar-refractivity contribution in [3.8, 4) is 11.6 Å². The number of benzene rings is 2.